The van der Waals surface area contributed by atoms with Gasteiger partial charge in [-0.25, -0.2) is 0 Å². The second-order valence-electron chi connectivity index (χ2n) is 6.44. The van der Waals surface area contributed by atoms with Gasteiger partial charge in [-0.2, -0.15) is 5.26 Å². The molecule has 2 atom stereocenters. The molecule has 0 aromatic carbocycles. The summed E-state index contributed by atoms with van der Waals surface area (Å²) >= 11 is 0. The topological polar surface area (TPSA) is 39.1 Å². The first kappa shape index (κ1) is 14.8. The van der Waals surface area contributed by atoms with E-state index in [-0.39, 0.29) is 5.54 Å². The van der Waals surface area contributed by atoms with Crippen LogP contribution in [0.2, 0.25) is 0 Å². The van der Waals surface area contributed by atoms with Crippen LogP contribution in [0, 0.1) is 23.2 Å². The quantitative estimate of drug-likeness (QED) is 0.767. The normalized spacial score (nSPS) is 27.7. The molecule has 0 aromatic rings. The van der Waals surface area contributed by atoms with Gasteiger partial charge in [0.15, 0.2) is 0 Å². The summed E-state index contributed by atoms with van der Waals surface area (Å²) in [6.07, 6.45) is 7.52. The fourth-order valence-electron chi connectivity index (χ4n) is 3.40. The van der Waals surface area contributed by atoms with Crippen molar-refractivity contribution in [3.63, 3.8) is 0 Å². The number of hydrogen-bond donors (Lipinski definition) is 1. The van der Waals surface area contributed by atoms with E-state index in [1.807, 2.05) is 0 Å². The predicted molar refractivity (Wildman–Crippen MR) is 78.8 cm³/mol. The van der Waals surface area contributed by atoms with Gasteiger partial charge in [0.05, 0.1) is 6.07 Å². The van der Waals surface area contributed by atoms with Gasteiger partial charge in [-0.1, -0.05) is 20.3 Å². The van der Waals surface area contributed by atoms with E-state index < -0.39 is 0 Å². The standard InChI is InChI=1S/C16H29N3/c1-3-9-18-16(12-17,15-7-8-15)13-19-10-5-6-14(4-2)11-19/h14-15,18H,3-11,13H2,1-2H3. The highest BCUT2D eigenvalue weighted by molar-refractivity contribution is 5.16. The summed E-state index contributed by atoms with van der Waals surface area (Å²) in [4.78, 5) is 2.54. The second-order valence-corrected chi connectivity index (χ2v) is 6.44. The minimum absolute atomic E-state index is 0.272. The first-order valence-electron chi connectivity index (χ1n) is 8.12. The third-order valence-electron chi connectivity index (χ3n) is 4.82. The van der Waals surface area contributed by atoms with Gasteiger partial charge in [-0.3, -0.25) is 5.32 Å². The zero-order chi connectivity index (χ0) is 13.7. The SMILES string of the molecule is CCCNC(C#N)(CN1CCCC(CC)C1)C1CC1. The van der Waals surface area contributed by atoms with Crippen molar-refractivity contribution in [1.82, 2.24) is 10.2 Å². The van der Waals surface area contributed by atoms with Crippen molar-refractivity contribution in [2.24, 2.45) is 11.8 Å². The molecule has 19 heavy (non-hydrogen) atoms. The van der Waals surface area contributed by atoms with Crippen LogP contribution in [-0.4, -0.2) is 36.6 Å². The van der Waals surface area contributed by atoms with Crippen LogP contribution in [0.3, 0.4) is 0 Å². The Balaban J connectivity index is 1.97. The first-order chi connectivity index (χ1) is 9.24. The highest BCUT2D eigenvalue weighted by atomic mass is 15.2. The molecule has 1 saturated heterocycles. The van der Waals surface area contributed by atoms with E-state index in [0.717, 1.165) is 25.4 Å². The van der Waals surface area contributed by atoms with E-state index >= 15 is 0 Å². The third-order valence-corrected chi connectivity index (χ3v) is 4.82. The minimum atomic E-state index is -0.272. The van der Waals surface area contributed by atoms with Gasteiger partial charge in [-0.05, 0) is 57.0 Å². The van der Waals surface area contributed by atoms with E-state index in [2.05, 4.69) is 30.1 Å². The zero-order valence-electron chi connectivity index (χ0n) is 12.6. The summed E-state index contributed by atoms with van der Waals surface area (Å²) in [5, 5.41) is 13.3. The molecule has 3 heteroatoms. The van der Waals surface area contributed by atoms with E-state index in [4.69, 9.17) is 0 Å². The zero-order valence-corrected chi connectivity index (χ0v) is 12.6. The molecule has 0 aromatic heterocycles. The second kappa shape index (κ2) is 6.72. The first-order valence-corrected chi connectivity index (χ1v) is 8.12. The number of piperidine rings is 1. The van der Waals surface area contributed by atoms with Gasteiger partial charge in [0.2, 0.25) is 0 Å². The molecule has 2 unspecified atom stereocenters. The van der Waals surface area contributed by atoms with Gasteiger partial charge < -0.3 is 4.90 Å². The fraction of sp³-hybridized carbons (Fsp3) is 0.938. The van der Waals surface area contributed by atoms with E-state index in [1.165, 1.54) is 45.2 Å². The Labute approximate surface area is 118 Å². The summed E-state index contributed by atoms with van der Waals surface area (Å²) in [5.41, 5.74) is -0.272. The summed E-state index contributed by atoms with van der Waals surface area (Å²) in [6.45, 7) is 8.75. The Hall–Kier alpha value is -0.590. The average molecular weight is 263 g/mol. The molecule has 1 aliphatic heterocycles. The molecule has 1 aliphatic carbocycles. The van der Waals surface area contributed by atoms with Crippen LogP contribution in [0.15, 0.2) is 0 Å². The van der Waals surface area contributed by atoms with Gasteiger partial charge in [0.1, 0.15) is 5.54 Å². The van der Waals surface area contributed by atoms with Crippen LogP contribution in [-0.2, 0) is 0 Å². The molecule has 3 nitrogen and oxygen atoms in total. The van der Waals surface area contributed by atoms with Crippen LogP contribution < -0.4 is 5.32 Å². The smallest absolute Gasteiger partial charge is 0.122 e. The lowest BCUT2D eigenvalue weighted by molar-refractivity contribution is 0.132. The Morgan fingerprint density at radius 3 is 2.68 bits per heavy atom. The molecule has 0 spiro atoms. The van der Waals surface area contributed by atoms with Gasteiger partial charge in [0, 0.05) is 13.1 Å². The number of likely N-dealkylation sites (tertiary alicyclic amines) is 1. The predicted octanol–water partition coefficient (Wildman–Crippen LogP) is 2.78. The molecule has 1 N–H and O–H groups in total. The monoisotopic (exact) mass is 263 g/mol. The van der Waals surface area contributed by atoms with E-state index in [1.54, 1.807) is 0 Å². The molecule has 1 heterocycles. The molecular formula is C16H29N3. The number of nitrogens with zero attached hydrogens (tertiary/aromatic N) is 2. The van der Waals surface area contributed by atoms with Crippen molar-refractivity contribution in [3.8, 4) is 6.07 Å². The maximum Gasteiger partial charge on any atom is 0.122 e. The van der Waals surface area contributed by atoms with Gasteiger partial charge in [-0.15, -0.1) is 0 Å². The van der Waals surface area contributed by atoms with Crippen molar-refractivity contribution < 1.29 is 0 Å². The van der Waals surface area contributed by atoms with Crippen LogP contribution in [0.4, 0.5) is 0 Å². The van der Waals surface area contributed by atoms with Gasteiger partial charge in [0.25, 0.3) is 0 Å². The van der Waals surface area contributed by atoms with Crippen LogP contribution in [0.1, 0.15) is 52.4 Å². The third kappa shape index (κ3) is 3.70. The lowest BCUT2D eigenvalue weighted by atomic mass is 9.90. The highest BCUT2D eigenvalue weighted by Gasteiger charge is 2.46. The maximum atomic E-state index is 9.73. The molecule has 0 bridgehead atoms. The summed E-state index contributed by atoms with van der Waals surface area (Å²) in [6, 6.07) is 2.64. The van der Waals surface area contributed by atoms with Crippen LogP contribution in [0.25, 0.3) is 0 Å². The van der Waals surface area contributed by atoms with E-state index in [9.17, 15) is 5.26 Å². The Morgan fingerprint density at radius 2 is 2.11 bits per heavy atom. The minimum Gasteiger partial charge on any atom is -0.300 e. The molecule has 2 rings (SSSR count). The van der Waals surface area contributed by atoms with Crippen LogP contribution >= 0.6 is 0 Å². The van der Waals surface area contributed by atoms with Gasteiger partial charge >= 0.3 is 0 Å². The molecule has 2 fully saturated rings. The number of nitrogens with one attached hydrogen (secondary N) is 1. The Kier molecular flexibility index (Phi) is 5.24. The van der Waals surface area contributed by atoms with Crippen molar-refractivity contribution in [3.05, 3.63) is 0 Å². The molecule has 0 radical (unpaired) electrons. The molecule has 108 valence electrons. The summed E-state index contributed by atoms with van der Waals surface area (Å²) in [7, 11) is 0. The Bertz CT molecular complexity index is 318. The Morgan fingerprint density at radius 1 is 1.32 bits per heavy atom. The lowest BCUT2D eigenvalue weighted by Gasteiger charge is -2.38. The molecule has 2 aliphatic rings. The van der Waals surface area contributed by atoms with Crippen molar-refractivity contribution >= 4 is 0 Å². The van der Waals surface area contributed by atoms with Crippen LogP contribution in [0.5, 0.6) is 0 Å². The number of rotatable bonds is 7. The highest BCUT2D eigenvalue weighted by Crippen LogP contribution is 2.40. The molecule has 0 amide bonds. The van der Waals surface area contributed by atoms with Crippen molar-refractivity contribution in [1.29, 1.82) is 5.26 Å². The summed E-state index contributed by atoms with van der Waals surface area (Å²) in [5.74, 6) is 1.43. The number of nitriles is 1. The number of hydrogen-bond acceptors (Lipinski definition) is 3. The largest absolute Gasteiger partial charge is 0.300 e. The average Bonchev–Trinajstić information content (AvgIpc) is 3.28. The lowest BCUT2D eigenvalue weighted by Crippen LogP contribution is -2.56. The summed E-state index contributed by atoms with van der Waals surface area (Å²) < 4.78 is 0. The van der Waals surface area contributed by atoms with E-state index in [0.29, 0.717) is 5.92 Å². The van der Waals surface area contributed by atoms with Crippen molar-refractivity contribution in [2.75, 3.05) is 26.2 Å². The van der Waals surface area contributed by atoms with Crippen molar-refractivity contribution in [2.45, 2.75) is 57.9 Å². The maximum absolute atomic E-state index is 9.73. The molecule has 1 saturated carbocycles. The fourth-order valence-corrected chi connectivity index (χ4v) is 3.40. The molecular weight excluding hydrogens is 234 g/mol.